The lowest BCUT2D eigenvalue weighted by molar-refractivity contribution is 1.28. The summed E-state index contributed by atoms with van der Waals surface area (Å²) in [4.78, 5) is 2.36. The third-order valence-electron chi connectivity index (χ3n) is 12.3. The minimum absolute atomic E-state index is 1.09. The van der Waals surface area contributed by atoms with E-state index >= 15 is 0 Å². The lowest BCUT2D eigenvalue weighted by Gasteiger charge is -2.26. The van der Waals surface area contributed by atoms with Gasteiger partial charge in [-0.2, -0.15) is 0 Å². The van der Waals surface area contributed by atoms with E-state index in [2.05, 4.69) is 266 Å². The highest BCUT2D eigenvalue weighted by molar-refractivity contribution is 5.99. The average molecular weight is 802 g/mol. The molecule has 0 N–H and O–H groups in total. The van der Waals surface area contributed by atoms with Crippen molar-refractivity contribution < 1.29 is 0 Å². The molecule has 296 valence electrons. The maximum atomic E-state index is 2.36. The molecule has 0 bridgehead atoms. The average Bonchev–Trinajstić information content (AvgIpc) is 3.37. The van der Waals surface area contributed by atoms with Gasteiger partial charge in [0, 0.05) is 17.1 Å². The zero-order valence-electron chi connectivity index (χ0n) is 34.8. The first-order valence-electron chi connectivity index (χ1n) is 21.7. The van der Waals surface area contributed by atoms with Crippen molar-refractivity contribution in [3.8, 4) is 66.8 Å². The summed E-state index contributed by atoms with van der Waals surface area (Å²) in [6.45, 7) is 0. The van der Waals surface area contributed by atoms with E-state index < -0.39 is 0 Å². The number of rotatable bonds is 9. The van der Waals surface area contributed by atoms with Crippen molar-refractivity contribution in [2.45, 2.75) is 0 Å². The van der Waals surface area contributed by atoms with Crippen LogP contribution in [-0.4, -0.2) is 0 Å². The monoisotopic (exact) mass is 801 g/mol. The summed E-state index contributed by atoms with van der Waals surface area (Å²) >= 11 is 0. The normalized spacial score (nSPS) is 11.2. The van der Waals surface area contributed by atoms with E-state index in [0.717, 1.165) is 22.6 Å². The van der Waals surface area contributed by atoms with Crippen LogP contribution < -0.4 is 4.90 Å². The van der Waals surface area contributed by atoms with Gasteiger partial charge in [0.2, 0.25) is 0 Å². The molecule has 63 heavy (non-hydrogen) atoms. The highest BCUT2D eigenvalue weighted by Gasteiger charge is 2.18. The Hall–Kier alpha value is -8.26. The van der Waals surface area contributed by atoms with Crippen molar-refractivity contribution in [2.75, 3.05) is 4.90 Å². The van der Waals surface area contributed by atoms with Gasteiger partial charge in [0.15, 0.2) is 0 Å². The molecule has 0 aromatic heterocycles. The van der Waals surface area contributed by atoms with Crippen molar-refractivity contribution in [1.29, 1.82) is 0 Å². The number of hydrogen-bond acceptors (Lipinski definition) is 1. The standard InChI is InChI=1S/C62H43N/c1-2-15-44(16-3-1)46-31-37-52(38-32-46)63(53-39-33-48(34-40-53)56-28-14-20-47-18-6-7-21-55(47)56)54-41-35-49(36-42-54)57-22-8-10-24-59(57)61-26-12-13-27-62(61)60-25-11-9-23-58(60)51-30-29-45-17-4-5-19-50(45)43-51/h1-43H. The largest absolute Gasteiger partial charge is 0.311 e. The van der Waals surface area contributed by atoms with Gasteiger partial charge in [-0.25, -0.2) is 0 Å². The van der Waals surface area contributed by atoms with Gasteiger partial charge in [-0.3, -0.25) is 0 Å². The summed E-state index contributed by atoms with van der Waals surface area (Å²) in [6.07, 6.45) is 0. The van der Waals surface area contributed by atoms with Crippen LogP contribution in [0.3, 0.4) is 0 Å². The highest BCUT2D eigenvalue weighted by atomic mass is 15.1. The van der Waals surface area contributed by atoms with E-state index in [1.807, 2.05) is 0 Å². The Bertz CT molecular complexity index is 3360. The Balaban J connectivity index is 0.972. The van der Waals surface area contributed by atoms with Gasteiger partial charge in [0.1, 0.15) is 0 Å². The molecule has 11 aromatic rings. The van der Waals surface area contributed by atoms with Crippen LogP contribution in [0.1, 0.15) is 0 Å². The van der Waals surface area contributed by atoms with Crippen LogP contribution in [0.15, 0.2) is 261 Å². The summed E-state index contributed by atoms with van der Waals surface area (Å²) in [5, 5.41) is 4.99. The molecule has 11 aromatic carbocycles. The minimum Gasteiger partial charge on any atom is -0.311 e. The molecule has 0 fully saturated rings. The number of nitrogens with zero attached hydrogens (tertiary/aromatic N) is 1. The van der Waals surface area contributed by atoms with Crippen LogP contribution in [0.25, 0.3) is 88.3 Å². The molecule has 0 saturated carbocycles. The molecule has 0 aliphatic heterocycles. The van der Waals surface area contributed by atoms with Gasteiger partial charge < -0.3 is 4.90 Å². The van der Waals surface area contributed by atoms with E-state index in [4.69, 9.17) is 0 Å². The summed E-state index contributed by atoms with van der Waals surface area (Å²) in [5.41, 5.74) is 17.7. The van der Waals surface area contributed by atoms with E-state index in [0.29, 0.717) is 0 Å². The lowest BCUT2D eigenvalue weighted by Crippen LogP contribution is -2.09. The van der Waals surface area contributed by atoms with Gasteiger partial charge in [-0.05, 0) is 131 Å². The zero-order chi connectivity index (χ0) is 42.0. The molecule has 1 heteroatoms. The van der Waals surface area contributed by atoms with Crippen LogP contribution in [0, 0.1) is 0 Å². The topological polar surface area (TPSA) is 3.24 Å². The number of hydrogen-bond donors (Lipinski definition) is 0. The molecule has 0 heterocycles. The first-order valence-corrected chi connectivity index (χ1v) is 21.7. The molecule has 0 amide bonds. The number of benzene rings is 11. The smallest absolute Gasteiger partial charge is 0.0462 e. The van der Waals surface area contributed by atoms with Crippen LogP contribution >= 0.6 is 0 Å². The Morgan fingerprint density at radius 3 is 1.14 bits per heavy atom. The second-order valence-corrected chi connectivity index (χ2v) is 16.1. The molecule has 0 unspecified atom stereocenters. The summed E-state index contributed by atoms with van der Waals surface area (Å²) < 4.78 is 0. The predicted molar refractivity (Wildman–Crippen MR) is 269 cm³/mol. The van der Waals surface area contributed by atoms with Crippen molar-refractivity contribution in [2.24, 2.45) is 0 Å². The Kier molecular flexibility index (Phi) is 9.97. The fourth-order valence-electron chi connectivity index (χ4n) is 9.19. The van der Waals surface area contributed by atoms with E-state index in [1.54, 1.807) is 0 Å². The van der Waals surface area contributed by atoms with Crippen LogP contribution in [0.4, 0.5) is 17.1 Å². The van der Waals surface area contributed by atoms with Crippen LogP contribution in [0.2, 0.25) is 0 Å². The molecular weight excluding hydrogens is 759 g/mol. The lowest BCUT2D eigenvalue weighted by atomic mass is 9.86. The maximum Gasteiger partial charge on any atom is 0.0462 e. The van der Waals surface area contributed by atoms with Crippen molar-refractivity contribution >= 4 is 38.6 Å². The zero-order valence-corrected chi connectivity index (χ0v) is 34.8. The van der Waals surface area contributed by atoms with E-state index in [-0.39, 0.29) is 0 Å². The Morgan fingerprint density at radius 1 is 0.190 bits per heavy atom. The fraction of sp³-hybridized carbons (Fsp3) is 0. The molecule has 11 rings (SSSR count). The Labute approximate surface area is 369 Å². The third kappa shape index (κ3) is 7.37. The molecule has 1 nitrogen and oxygen atoms in total. The quantitative estimate of drug-likeness (QED) is 0.141. The molecule has 0 atom stereocenters. The van der Waals surface area contributed by atoms with Gasteiger partial charge in [0.05, 0.1) is 0 Å². The minimum atomic E-state index is 1.09. The van der Waals surface area contributed by atoms with Gasteiger partial charge in [0.25, 0.3) is 0 Å². The maximum absolute atomic E-state index is 2.36. The summed E-state index contributed by atoms with van der Waals surface area (Å²) in [6, 6.07) is 94.6. The highest BCUT2D eigenvalue weighted by Crippen LogP contribution is 2.43. The number of fused-ring (bicyclic) bond motifs is 2. The second kappa shape index (κ2) is 16.7. The van der Waals surface area contributed by atoms with Crippen molar-refractivity contribution in [1.82, 2.24) is 0 Å². The van der Waals surface area contributed by atoms with Gasteiger partial charge in [-0.15, -0.1) is 0 Å². The molecule has 0 spiro atoms. The first-order chi connectivity index (χ1) is 31.2. The van der Waals surface area contributed by atoms with Crippen molar-refractivity contribution in [3.05, 3.63) is 261 Å². The fourth-order valence-corrected chi connectivity index (χ4v) is 9.19. The van der Waals surface area contributed by atoms with E-state index in [1.165, 1.54) is 82.7 Å². The molecule has 0 radical (unpaired) electrons. The SMILES string of the molecule is c1ccc(-c2ccc(N(c3ccc(-c4ccccc4-c4ccccc4-c4ccccc4-c4ccc5ccccc5c4)cc3)c3ccc(-c4cccc5ccccc45)cc3)cc2)cc1. The predicted octanol–water partition coefficient (Wildman–Crippen LogP) is 17.5. The second-order valence-electron chi connectivity index (χ2n) is 16.1. The van der Waals surface area contributed by atoms with Gasteiger partial charge in [-0.1, -0.05) is 218 Å². The molecule has 0 saturated heterocycles. The van der Waals surface area contributed by atoms with E-state index in [9.17, 15) is 0 Å². The Morgan fingerprint density at radius 2 is 0.556 bits per heavy atom. The number of anilines is 3. The van der Waals surface area contributed by atoms with Crippen LogP contribution in [0.5, 0.6) is 0 Å². The third-order valence-corrected chi connectivity index (χ3v) is 12.3. The van der Waals surface area contributed by atoms with Crippen molar-refractivity contribution in [3.63, 3.8) is 0 Å². The van der Waals surface area contributed by atoms with Crippen LogP contribution in [-0.2, 0) is 0 Å². The molecular formula is C62H43N. The first kappa shape index (κ1) is 37.7. The van der Waals surface area contributed by atoms with Gasteiger partial charge >= 0.3 is 0 Å². The summed E-state index contributed by atoms with van der Waals surface area (Å²) in [5.74, 6) is 0. The summed E-state index contributed by atoms with van der Waals surface area (Å²) in [7, 11) is 0. The molecule has 0 aliphatic carbocycles. The molecule has 0 aliphatic rings.